The third kappa shape index (κ3) is 3.69. The molecule has 1 heterocycles. The zero-order valence-corrected chi connectivity index (χ0v) is 15.4. The molecule has 3 aromatic rings. The lowest BCUT2D eigenvalue weighted by molar-refractivity contribution is 0.0924. The predicted octanol–water partition coefficient (Wildman–Crippen LogP) is 4.22. The number of carbonyl (C=O) groups excluding carboxylic acids is 1. The third-order valence-electron chi connectivity index (χ3n) is 4.70. The first kappa shape index (κ1) is 17.9. The van der Waals surface area contributed by atoms with E-state index in [1.54, 1.807) is 6.07 Å². The van der Waals surface area contributed by atoms with Crippen molar-refractivity contribution in [2.45, 2.75) is 33.2 Å². The Labute approximate surface area is 153 Å². The van der Waals surface area contributed by atoms with E-state index in [0.29, 0.717) is 0 Å². The van der Waals surface area contributed by atoms with Crippen LogP contribution in [0.15, 0.2) is 59.4 Å². The molecule has 4 heteroatoms. The molecule has 0 radical (unpaired) electrons. The fourth-order valence-electron chi connectivity index (χ4n) is 3.13. The highest BCUT2D eigenvalue weighted by Gasteiger charge is 2.21. The van der Waals surface area contributed by atoms with E-state index in [2.05, 4.69) is 55.3 Å². The molecule has 0 aliphatic heterocycles. The van der Waals surface area contributed by atoms with Gasteiger partial charge in [0.15, 0.2) is 0 Å². The minimum Gasteiger partial charge on any atom is -0.345 e. The lowest BCUT2D eigenvalue weighted by Crippen LogP contribution is -2.35. The number of carbonyl (C=O) groups is 1. The molecule has 0 saturated heterocycles. The number of fused-ring (bicyclic) bond motifs is 1. The minimum absolute atomic E-state index is 0.138. The van der Waals surface area contributed by atoms with E-state index in [9.17, 15) is 9.59 Å². The van der Waals surface area contributed by atoms with Crippen molar-refractivity contribution in [2.24, 2.45) is 5.92 Å². The van der Waals surface area contributed by atoms with Crippen LogP contribution in [0.1, 0.15) is 48.3 Å². The van der Waals surface area contributed by atoms with E-state index in [0.717, 1.165) is 22.9 Å². The quantitative estimate of drug-likeness (QED) is 0.725. The van der Waals surface area contributed by atoms with Crippen molar-refractivity contribution in [1.82, 2.24) is 10.3 Å². The summed E-state index contributed by atoms with van der Waals surface area (Å²) in [6.45, 7) is 6.23. The average Bonchev–Trinajstić information content (AvgIpc) is 2.65. The molecule has 1 unspecified atom stereocenters. The van der Waals surface area contributed by atoms with E-state index in [1.807, 2.05) is 24.3 Å². The maximum atomic E-state index is 12.8. The van der Waals surface area contributed by atoms with Gasteiger partial charge in [-0.25, -0.2) is 0 Å². The molecule has 0 saturated carbocycles. The van der Waals surface area contributed by atoms with Crippen LogP contribution in [-0.2, 0) is 6.42 Å². The SMILES string of the molecule is CCc1ccc(C(NC(=O)c2cc3ccccc3[nH]c2=O)C(C)C)cc1. The van der Waals surface area contributed by atoms with Gasteiger partial charge in [-0.15, -0.1) is 0 Å². The van der Waals surface area contributed by atoms with Crippen LogP contribution in [0.2, 0.25) is 0 Å². The van der Waals surface area contributed by atoms with Crippen molar-refractivity contribution in [1.29, 1.82) is 0 Å². The van der Waals surface area contributed by atoms with Crippen LogP contribution >= 0.6 is 0 Å². The number of hydrogen-bond donors (Lipinski definition) is 2. The summed E-state index contributed by atoms with van der Waals surface area (Å²) in [7, 11) is 0. The van der Waals surface area contributed by atoms with Crippen LogP contribution in [-0.4, -0.2) is 10.9 Å². The number of aryl methyl sites for hydroxylation is 1. The average molecular weight is 348 g/mol. The molecule has 4 nitrogen and oxygen atoms in total. The first-order valence-electron chi connectivity index (χ1n) is 9.01. The van der Waals surface area contributed by atoms with Gasteiger partial charge in [-0.1, -0.05) is 63.2 Å². The highest BCUT2D eigenvalue weighted by atomic mass is 16.2. The topological polar surface area (TPSA) is 62.0 Å². The number of H-pyrrole nitrogens is 1. The maximum Gasteiger partial charge on any atom is 0.261 e. The number of amides is 1. The van der Waals surface area contributed by atoms with E-state index in [-0.39, 0.29) is 29.0 Å². The van der Waals surface area contributed by atoms with Crippen molar-refractivity contribution in [3.63, 3.8) is 0 Å². The zero-order valence-electron chi connectivity index (χ0n) is 15.4. The molecular formula is C22H24N2O2. The number of benzene rings is 2. The normalized spacial score (nSPS) is 12.3. The van der Waals surface area contributed by atoms with Crippen molar-refractivity contribution in [2.75, 3.05) is 0 Å². The number of rotatable bonds is 5. The molecule has 2 N–H and O–H groups in total. The molecule has 134 valence electrons. The van der Waals surface area contributed by atoms with Gasteiger partial charge >= 0.3 is 0 Å². The van der Waals surface area contributed by atoms with Gasteiger partial charge in [-0.05, 0) is 41.0 Å². The third-order valence-corrected chi connectivity index (χ3v) is 4.70. The fraction of sp³-hybridized carbons (Fsp3) is 0.273. The Morgan fingerprint density at radius 3 is 2.42 bits per heavy atom. The molecule has 26 heavy (non-hydrogen) atoms. The van der Waals surface area contributed by atoms with E-state index in [4.69, 9.17) is 0 Å². The number of aromatic amines is 1. The summed E-state index contributed by atoms with van der Waals surface area (Å²) < 4.78 is 0. The van der Waals surface area contributed by atoms with E-state index in [1.165, 1.54) is 5.56 Å². The second-order valence-corrected chi connectivity index (χ2v) is 6.89. The predicted molar refractivity (Wildman–Crippen MR) is 105 cm³/mol. The first-order chi connectivity index (χ1) is 12.5. The van der Waals surface area contributed by atoms with Crippen LogP contribution in [0.4, 0.5) is 0 Å². The van der Waals surface area contributed by atoms with Crippen LogP contribution in [0, 0.1) is 5.92 Å². The number of para-hydroxylation sites is 1. The molecule has 3 rings (SSSR count). The Kier molecular flexibility index (Phi) is 5.21. The Balaban J connectivity index is 1.90. The van der Waals surface area contributed by atoms with Gasteiger partial charge < -0.3 is 10.3 Å². The summed E-state index contributed by atoms with van der Waals surface area (Å²) in [5.74, 6) is -0.152. The van der Waals surface area contributed by atoms with E-state index >= 15 is 0 Å². The molecule has 0 spiro atoms. The monoisotopic (exact) mass is 348 g/mol. The summed E-state index contributed by atoms with van der Waals surface area (Å²) in [4.78, 5) is 27.9. The molecule has 0 aliphatic carbocycles. The van der Waals surface area contributed by atoms with Crippen molar-refractivity contribution in [3.8, 4) is 0 Å². The molecule has 1 amide bonds. The Morgan fingerprint density at radius 1 is 1.08 bits per heavy atom. The lowest BCUT2D eigenvalue weighted by atomic mass is 9.94. The van der Waals surface area contributed by atoms with E-state index < -0.39 is 0 Å². The molecule has 0 bridgehead atoms. The van der Waals surface area contributed by atoms with Gasteiger partial charge in [0.25, 0.3) is 11.5 Å². The fourth-order valence-corrected chi connectivity index (χ4v) is 3.13. The van der Waals surface area contributed by atoms with Gasteiger partial charge in [0.2, 0.25) is 0 Å². The number of pyridine rings is 1. The highest BCUT2D eigenvalue weighted by Crippen LogP contribution is 2.23. The molecule has 0 aliphatic rings. The van der Waals surface area contributed by atoms with Crippen molar-refractivity contribution >= 4 is 16.8 Å². The van der Waals surface area contributed by atoms with Crippen molar-refractivity contribution in [3.05, 3.63) is 81.6 Å². The lowest BCUT2D eigenvalue weighted by Gasteiger charge is -2.23. The summed E-state index contributed by atoms with van der Waals surface area (Å²) >= 11 is 0. The standard InChI is InChI=1S/C22H24N2O2/c1-4-15-9-11-16(12-10-15)20(14(2)3)24-22(26)18-13-17-7-5-6-8-19(17)23-21(18)25/h5-14,20H,4H2,1-3H3,(H,23,25)(H,24,26). The number of nitrogens with one attached hydrogen (secondary N) is 2. The maximum absolute atomic E-state index is 12.8. The van der Waals surface area contributed by atoms with Gasteiger partial charge in [-0.2, -0.15) is 0 Å². The van der Waals surface area contributed by atoms with Gasteiger partial charge in [-0.3, -0.25) is 9.59 Å². The summed E-state index contributed by atoms with van der Waals surface area (Å²) in [6.07, 6.45) is 0.978. The molecule has 1 atom stereocenters. The highest BCUT2D eigenvalue weighted by molar-refractivity contribution is 5.97. The summed E-state index contributed by atoms with van der Waals surface area (Å²) in [5, 5.41) is 3.87. The van der Waals surface area contributed by atoms with Crippen LogP contribution in [0.3, 0.4) is 0 Å². The second kappa shape index (κ2) is 7.56. The summed E-state index contributed by atoms with van der Waals surface area (Å²) in [5.41, 5.74) is 2.80. The second-order valence-electron chi connectivity index (χ2n) is 6.89. The zero-order chi connectivity index (χ0) is 18.7. The largest absolute Gasteiger partial charge is 0.345 e. The molecule has 1 aromatic heterocycles. The Bertz CT molecular complexity index is 971. The molecule has 0 fully saturated rings. The van der Waals surface area contributed by atoms with Crippen LogP contribution in [0.5, 0.6) is 0 Å². The smallest absolute Gasteiger partial charge is 0.261 e. The van der Waals surface area contributed by atoms with Gasteiger partial charge in [0.05, 0.1) is 6.04 Å². The molecule has 2 aromatic carbocycles. The van der Waals surface area contributed by atoms with Crippen molar-refractivity contribution < 1.29 is 4.79 Å². The Hall–Kier alpha value is -2.88. The number of aromatic nitrogens is 1. The van der Waals surface area contributed by atoms with Gasteiger partial charge in [0.1, 0.15) is 5.56 Å². The summed E-state index contributed by atoms with van der Waals surface area (Å²) in [6, 6.07) is 17.2. The van der Waals surface area contributed by atoms with Crippen LogP contribution in [0.25, 0.3) is 10.9 Å². The number of hydrogen-bond acceptors (Lipinski definition) is 2. The Morgan fingerprint density at radius 2 is 1.77 bits per heavy atom. The van der Waals surface area contributed by atoms with Crippen LogP contribution < -0.4 is 10.9 Å². The minimum atomic E-state index is -0.370. The first-order valence-corrected chi connectivity index (χ1v) is 9.01. The molecular weight excluding hydrogens is 324 g/mol. The van der Waals surface area contributed by atoms with Gasteiger partial charge in [0, 0.05) is 5.52 Å².